The van der Waals surface area contributed by atoms with Gasteiger partial charge in [0, 0.05) is 18.4 Å². The highest BCUT2D eigenvalue weighted by Gasteiger charge is 2.08. The number of hydrogen-bond acceptors (Lipinski definition) is 3. The molecule has 1 rings (SSSR count). The predicted octanol–water partition coefficient (Wildman–Crippen LogP) is 1.90. The molecule has 1 aromatic heterocycles. The van der Waals surface area contributed by atoms with Crippen LogP contribution in [0.5, 0.6) is 0 Å². The second kappa shape index (κ2) is 6.95. The molecule has 0 amide bonds. The van der Waals surface area contributed by atoms with Gasteiger partial charge in [-0.05, 0) is 19.9 Å². The Balaban J connectivity index is 2.56. The van der Waals surface area contributed by atoms with Crippen LogP contribution in [0.15, 0.2) is 6.33 Å². The van der Waals surface area contributed by atoms with Gasteiger partial charge in [0.2, 0.25) is 0 Å². The fraction of sp³-hybridized carbons (Fsp3) is 0.800. The van der Waals surface area contributed by atoms with E-state index in [-0.39, 0.29) is 0 Å². The Morgan fingerprint density at radius 2 is 2.20 bits per heavy atom. The van der Waals surface area contributed by atoms with Crippen molar-refractivity contribution in [1.29, 1.82) is 0 Å². The number of nitrogens with zero attached hydrogens (tertiary/aromatic N) is 4. The van der Waals surface area contributed by atoms with Crippen molar-refractivity contribution in [1.82, 2.24) is 19.7 Å². The first-order chi connectivity index (χ1) is 7.31. The van der Waals surface area contributed by atoms with E-state index in [1.807, 2.05) is 4.68 Å². The maximum absolute atomic E-state index is 4.29. The smallest absolute Gasteiger partial charge is 0.140 e. The molecule has 0 saturated carbocycles. The minimum absolute atomic E-state index is 0.892. The number of aryl methyl sites for hydroxylation is 1. The molecule has 15 heavy (non-hydrogen) atoms. The molecule has 0 aliphatic carbocycles. The summed E-state index contributed by atoms with van der Waals surface area (Å²) in [5, 5.41) is 5.18. The Morgan fingerprint density at radius 1 is 1.40 bits per heavy atom. The lowest BCUT2D eigenvalue weighted by atomic mass is 10.4. The fourth-order valence-electron chi connectivity index (χ4n) is 1.58. The lowest BCUT2D eigenvalue weighted by Gasteiger charge is -2.19. The van der Waals surface area contributed by atoms with Crippen molar-refractivity contribution in [2.45, 2.75) is 33.4 Å². The third-order valence-electron chi connectivity index (χ3n) is 2.30. The predicted molar refractivity (Wildman–Crippen MR) is 65.1 cm³/mol. The SMILES string of the molecule is CCCN(CCBr)Cc1ncnn1CC. The van der Waals surface area contributed by atoms with Crippen molar-refractivity contribution >= 4 is 15.9 Å². The van der Waals surface area contributed by atoms with Gasteiger partial charge in [-0.15, -0.1) is 0 Å². The molecule has 0 atom stereocenters. The van der Waals surface area contributed by atoms with Crippen molar-refractivity contribution in [3.8, 4) is 0 Å². The quantitative estimate of drug-likeness (QED) is 0.713. The van der Waals surface area contributed by atoms with Gasteiger partial charge in [0.1, 0.15) is 12.2 Å². The van der Waals surface area contributed by atoms with E-state index in [1.54, 1.807) is 6.33 Å². The number of halogens is 1. The molecule has 0 spiro atoms. The summed E-state index contributed by atoms with van der Waals surface area (Å²) in [6.07, 6.45) is 2.81. The lowest BCUT2D eigenvalue weighted by Crippen LogP contribution is -2.27. The normalized spacial score (nSPS) is 11.2. The molecule has 0 unspecified atom stereocenters. The highest BCUT2D eigenvalue weighted by molar-refractivity contribution is 9.09. The maximum Gasteiger partial charge on any atom is 0.140 e. The van der Waals surface area contributed by atoms with Gasteiger partial charge in [0.05, 0.1) is 6.54 Å². The molecular weight excluding hydrogens is 256 g/mol. The number of rotatable bonds is 7. The monoisotopic (exact) mass is 274 g/mol. The average molecular weight is 275 g/mol. The maximum atomic E-state index is 4.29. The van der Waals surface area contributed by atoms with Crippen LogP contribution in [0, 0.1) is 0 Å². The summed E-state index contributed by atoms with van der Waals surface area (Å²) in [6.45, 7) is 8.25. The minimum Gasteiger partial charge on any atom is -0.295 e. The van der Waals surface area contributed by atoms with Crippen molar-refractivity contribution in [3.63, 3.8) is 0 Å². The van der Waals surface area contributed by atoms with E-state index >= 15 is 0 Å². The third kappa shape index (κ3) is 3.91. The molecule has 0 N–H and O–H groups in total. The zero-order chi connectivity index (χ0) is 11.1. The first kappa shape index (κ1) is 12.6. The summed E-state index contributed by atoms with van der Waals surface area (Å²) >= 11 is 3.48. The Bertz CT molecular complexity index is 268. The van der Waals surface area contributed by atoms with Crippen LogP contribution >= 0.6 is 15.9 Å². The Kier molecular flexibility index (Phi) is 5.86. The van der Waals surface area contributed by atoms with Crippen LogP contribution in [0.2, 0.25) is 0 Å². The largest absolute Gasteiger partial charge is 0.295 e. The van der Waals surface area contributed by atoms with Crippen LogP contribution in [0.4, 0.5) is 0 Å². The van der Waals surface area contributed by atoms with E-state index < -0.39 is 0 Å². The van der Waals surface area contributed by atoms with E-state index in [0.717, 1.165) is 37.3 Å². The minimum atomic E-state index is 0.892. The zero-order valence-electron chi connectivity index (χ0n) is 9.49. The number of aromatic nitrogens is 3. The second-order valence-electron chi connectivity index (χ2n) is 3.46. The Morgan fingerprint density at radius 3 is 2.80 bits per heavy atom. The molecule has 0 aliphatic heterocycles. The summed E-state index contributed by atoms with van der Waals surface area (Å²) < 4.78 is 1.96. The molecule has 0 aliphatic rings. The van der Waals surface area contributed by atoms with Crippen LogP contribution < -0.4 is 0 Å². The van der Waals surface area contributed by atoms with Crippen molar-refractivity contribution in [3.05, 3.63) is 12.2 Å². The first-order valence-corrected chi connectivity index (χ1v) is 6.59. The Labute approximate surface area is 99.8 Å². The summed E-state index contributed by atoms with van der Waals surface area (Å²) in [7, 11) is 0. The molecule has 0 aromatic carbocycles. The highest BCUT2D eigenvalue weighted by atomic mass is 79.9. The van der Waals surface area contributed by atoms with Gasteiger partial charge < -0.3 is 0 Å². The van der Waals surface area contributed by atoms with Gasteiger partial charge >= 0.3 is 0 Å². The van der Waals surface area contributed by atoms with Crippen LogP contribution in [0.25, 0.3) is 0 Å². The molecular formula is C10H19BrN4. The fourth-order valence-corrected chi connectivity index (χ4v) is 2.08. The molecule has 86 valence electrons. The molecule has 0 bridgehead atoms. The summed E-state index contributed by atoms with van der Waals surface area (Å²) in [4.78, 5) is 6.68. The standard InChI is InChI=1S/C10H19BrN4/c1-3-6-14(7-5-11)8-10-12-9-13-15(10)4-2/h9H,3-8H2,1-2H3. The van der Waals surface area contributed by atoms with E-state index in [1.165, 1.54) is 6.42 Å². The molecule has 5 heteroatoms. The van der Waals surface area contributed by atoms with E-state index in [9.17, 15) is 0 Å². The average Bonchev–Trinajstić information content (AvgIpc) is 2.66. The summed E-state index contributed by atoms with van der Waals surface area (Å²) in [6, 6.07) is 0. The Hall–Kier alpha value is -0.420. The number of alkyl halides is 1. The molecule has 0 radical (unpaired) electrons. The van der Waals surface area contributed by atoms with Crippen LogP contribution in [-0.4, -0.2) is 38.1 Å². The summed E-state index contributed by atoms with van der Waals surface area (Å²) in [5.41, 5.74) is 0. The molecule has 4 nitrogen and oxygen atoms in total. The van der Waals surface area contributed by atoms with Crippen molar-refractivity contribution in [2.75, 3.05) is 18.4 Å². The molecule has 0 saturated heterocycles. The highest BCUT2D eigenvalue weighted by Crippen LogP contribution is 2.03. The first-order valence-electron chi connectivity index (χ1n) is 5.46. The summed E-state index contributed by atoms with van der Waals surface area (Å²) in [5.74, 6) is 1.06. The van der Waals surface area contributed by atoms with E-state index in [0.29, 0.717) is 0 Å². The van der Waals surface area contributed by atoms with Gasteiger partial charge in [-0.2, -0.15) is 5.10 Å². The van der Waals surface area contributed by atoms with Crippen LogP contribution in [0.1, 0.15) is 26.1 Å². The third-order valence-corrected chi connectivity index (χ3v) is 2.66. The molecule has 0 fully saturated rings. The van der Waals surface area contributed by atoms with Gasteiger partial charge in [0.15, 0.2) is 0 Å². The van der Waals surface area contributed by atoms with E-state index in [4.69, 9.17) is 0 Å². The second-order valence-corrected chi connectivity index (χ2v) is 4.25. The van der Waals surface area contributed by atoms with Gasteiger partial charge in [-0.1, -0.05) is 22.9 Å². The van der Waals surface area contributed by atoms with Crippen molar-refractivity contribution < 1.29 is 0 Å². The van der Waals surface area contributed by atoms with Crippen LogP contribution in [0.3, 0.4) is 0 Å². The van der Waals surface area contributed by atoms with Crippen LogP contribution in [-0.2, 0) is 13.1 Å². The van der Waals surface area contributed by atoms with Gasteiger partial charge in [-0.25, -0.2) is 9.67 Å². The van der Waals surface area contributed by atoms with Gasteiger partial charge in [0.25, 0.3) is 0 Å². The lowest BCUT2D eigenvalue weighted by molar-refractivity contribution is 0.271. The molecule has 1 aromatic rings. The molecule has 1 heterocycles. The van der Waals surface area contributed by atoms with Gasteiger partial charge in [-0.3, -0.25) is 4.90 Å². The van der Waals surface area contributed by atoms with E-state index in [2.05, 4.69) is 44.8 Å². The number of hydrogen-bond donors (Lipinski definition) is 0. The van der Waals surface area contributed by atoms with Crippen molar-refractivity contribution in [2.24, 2.45) is 0 Å². The topological polar surface area (TPSA) is 34.0 Å². The zero-order valence-corrected chi connectivity index (χ0v) is 11.1.